The van der Waals surface area contributed by atoms with Gasteiger partial charge in [0.15, 0.2) is 0 Å². The molecule has 4 nitrogen and oxygen atoms in total. The van der Waals surface area contributed by atoms with Gasteiger partial charge in [0.1, 0.15) is 0 Å². The highest BCUT2D eigenvalue weighted by molar-refractivity contribution is 6.30. The first-order valence-corrected chi connectivity index (χ1v) is 9.33. The molecule has 0 saturated carbocycles. The zero-order valence-electron chi connectivity index (χ0n) is 15.0. The molecule has 1 N–H and O–H groups in total. The van der Waals surface area contributed by atoms with E-state index in [-0.39, 0.29) is 24.2 Å². The third-order valence-corrected chi connectivity index (χ3v) is 5.25. The Hall–Kier alpha value is -2.33. The van der Waals surface area contributed by atoms with E-state index in [1.165, 1.54) is 0 Å². The monoisotopic (exact) mass is 370 g/mol. The average Bonchev–Trinajstić information content (AvgIpc) is 3.04. The van der Waals surface area contributed by atoms with E-state index in [0.29, 0.717) is 17.5 Å². The average molecular weight is 371 g/mol. The second kappa shape index (κ2) is 7.92. The first-order chi connectivity index (χ1) is 12.5. The van der Waals surface area contributed by atoms with E-state index in [4.69, 9.17) is 11.6 Å². The van der Waals surface area contributed by atoms with Gasteiger partial charge in [0, 0.05) is 29.4 Å². The summed E-state index contributed by atoms with van der Waals surface area (Å²) >= 11 is 5.91. The summed E-state index contributed by atoms with van der Waals surface area (Å²) in [6, 6.07) is 15.0. The summed E-state index contributed by atoms with van der Waals surface area (Å²) in [6.07, 6.45) is 1.22. The van der Waals surface area contributed by atoms with Crippen molar-refractivity contribution in [3.8, 4) is 0 Å². The number of hydrogen-bond donors (Lipinski definition) is 1. The van der Waals surface area contributed by atoms with Crippen LogP contribution in [0.1, 0.15) is 38.2 Å². The summed E-state index contributed by atoms with van der Waals surface area (Å²) < 4.78 is 0. The fourth-order valence-electron chi connectivity index (χ4n) is 3.25. The van der Waals surface area contributed by atoms with Crippen molar-refractivity contribution in [1.29, 1.82) is 0 Å². The predicted molar refractivity (Wildman–Crippen MR) is 106 cm³/mol. The molecule has 5 heteroatoms. The number of para-hydroxylation sites is 1. The van der Waals surface area contributed by atoms with E-state index in [9.17, 15) is 9.59 Å². The van der Waals surface area contributed by atoms with E-state index in [0.717, 1.165) is 23.4 Å². The number of anilines is 2. The van der Waals surface area contributed by atoms with E-state index in [2.05, 4.69) is 19.2 Å². The Balaban J connectivity index is 1.72. The molecule has 1 aliphatic heterocycles. The van der Waals surface area contributed by atoms with Crippen molar-refractivity contribution in [2.45, 2.75) is 32.6 Å². The number of benzene rings is 2. The molecule has 0 aliphatic carbocycles. The molecule has 2 aromatic rings. The van der Waals surface area contributed by atoms with Gasteiger partial charge in [0.2, 0.25) is 11.8 Å². The van der Waals surface area contributed by atoms with Crippen LogP contribution >= 0.6 is 11.6 Å². The topological polar surface area (TPSA) is 49.4 Å². The summed E-state index contributed by atoms with van der Waals surface area (Å²) in [6.45, 7) is 4.66. The van der Waals surface area contributed by atoms with Crippen LogP contribution in [-0.4, -0.2) is 18.4 Å². The normalized spacial score (nSPS) is 18.0. The molecule has 1 fully saturated rings. The number of amides is 2. The molecule has 26 heavy (non-hydrogen) atoms. The van der Waals surface area contributed by atoms with Gasteiger partial charge in [0.25, 0.3) is 0 Å². The minimum atomic E-state index is -0.358. The molecule has 1 heterocycles. The van der Waals surface area contributed by atoms with E-state index in [1.807, 2.05) is 24.3 Å². The molecule has 0 bridgehead atoms. The van der Waals surface area contributed by atoms with Gasteiger partial charge < -0.3 is 10.2 Å². The zero-order chi connectivity index (χ0) is 18.7. The van der Waals surface area contributed by atoms with Crippen molar-refractivity contribution in [3.63, 3.8) is 0 Å². The van der Waals surface area contributed by atoms with E-state index in [1.54, 1.807) is 29.2 Å². The van der Waals surface area contributed by atoms with E-state index >= 15 is 0 Å². The summed E-state index contributed by atoms with van der Waals surface area (Å²) in [5.41, 5.74) is 2.74. The second-order valence-electron chi connectivity index (χ2n) is 6.77. The van der Waals surface area contributed by atoms with Crippen LogP contribution in [0.5, 0.6) is 0 Å². The van der Waals surface area contributed by atoms with Crippen LogP contribution in [0.3, 0.4) is 0 Å². The lowest BCUT2D eigenvalue weighted by Gasteiger charge is -2.18. The molecule has 0 unspecified atom stereocenters. The van der Waals surface area contributed by atoms with Crippen LogP contribution in [0.4, 0.5) is 11.4 Å². The maximum absolute atomic E-state index is 12.7. The van der Waals surface area contributed by atoms with Crippen molar-refractivity contribution in [2.24, 2.45) is 5.92 Å². The summed E-state index contributed by atoms with van der Waals surface area (Å²) in [5.74, 6) is -0.140. The Labute approximate surface area is 159 Å². The summed E-state index contributed by atoms with van der Waals surface area (Å²) in [7, 11) is 0. The standard InChI is InChI=1S/C21H23ClN2O2/c1-3-14(2)18-6-4-5-7-19(18)23-21(26)15-12-20(25)24(13-15)17-10-8-16(22)9-11-17/h4-11,14-15H,3,12-13H2,1-2H3,(H,23,26)/t14-,15+/m1/s1. The molecule has 1 saturated heterocycles. The number of nitrogens with zero attached hydrogens (tertiary/aromatic N) is 1. The van der Waals surface area contributed by atoms with Crippen molar-refractivity contribution < 1.29 is 9.59 Å². The van der Waals surface area contributed by atoms with Gasteiger partial charge in [-0.25, -0.2) is 0 Å². The number of carbonyl (C=O) groups excluding carboxylic acids is 2. The van der Waals surface area contributed by atoms with Gasteiger partial charge in [0.05, 0.1) is 5.92 Å². The molecule has 136 valence electrons. The lowest BCUT2D eigenvalue weighted by molar-refractivity contribution is -0.122. The molecule has 1 aliphatic rings. The minimum Gasteiger partial charge on any atom is -0.326 e. The van der Waals surface area contributed by atoms with Gasteiger partial charge in [-0.2, -0.15) is 0 Å². The fourth-order valence-corrected chi connectivity index (χ4v) is 3.38. The van der Waals surface area contributed by atoms with Crippen molar-refractivity contribution in [1.82, 2.24) is 0 Å². The smallest absolute Gasteiger partial charge is 0.229 e. The van der Waals surface area contributed by atoms with Gasteiger partial charge in [-0.3, -0.25) is 9.59 Å². The van der Waals surface area contributed by atoms with Crippen LogP contribution < -0.4 is 10.2 Å². The fraction of sp³-hybridized carbons (Fsp3) is 0.333. The number of nitrogens with one attached hydrogen (secondary N) is 1. The van der Waals surface area contributed by atoms with Crippen molar-refractivity contribution >= 4 is 34.8 Å². The number of hydrogen-bond acceptors (Lipinski definition) is 2. The Morgan fingerprint density at radius 1 is 1.23 bits per heavy atom. The lowest BCUT2D eigenvalue weighted by atomic mass is 9.96. The molecular formula is C21H23ClN2O2. The first-order valence-electron chi connectivity index (χ1n) is 8.95. The Morgan fingerprint density at radius 2 is 1.92 bits per heavy atom. The van der Waals surface area contributed by atoms with Crippen LogP contribution in [-0.2, 0) is 9.59 Å². The van der Waals surface area contributed by atoms with Gasteiger partial charge in [-0.05, 0) is 48.2 Å². The molecule has 2 aromatic carbocycles. The Kier molecular flexibility index (Phi) is 5.62. The Bertz CT molecular complexity index is 804. The third-order valence-electron chi connectivity index (χ3n) is 5.00. The van der Waals surface area contributed by atoms with Crippen LogP contribution in [0, 0.1) is 5.92 Å². The SMILES string of the molecule is CC[C@@H](C)c1ccccc1NC(=O)[C@H]1CC(=O)N(c2ccc(Cl)cc2)C1. The highest BCUT2D eigenvalue weighted by Gasteiger charge is 2.35. The predicted octanol–water partition coefficient (Wildman–Crippen LogP) is 4.85. The van der Waals surface area contributed by atoms with Gasteiger partial charge in [-0.1, -0.05) is 43.6 Å². The lowest BCUT2D eigenvalue weighted by Crippen LogP contribution is -2.28. The van der Waals surface area contributed by atoms with Crippen molar-refractivity contribution in [3.05, 3.63) is 59.1 Å². The largest absolute Gasteiger partial charge is 0.326 e. The minimum absolute atomic E-state index is 0.0392. The summed E-state index contributed by atoms with van der Waals surface area (Å²) in [5, 5.41) is 3.65. The second-order valence-corrected chi connectivity index (χ2v) is 7.20. The van der Waals surface area contributed by atoms with Gasteiger partial charge >= 0.3 is 0 Å². The van der Waals surface area contributed by atoms with E-state index < -0.39 is 0 Å². The molecule has 2 amide bonds. The van der Waals surface area contributed by atoms with Crippen molar-refractivity contribution in [2.75, 3.05) is 16.8 Å². The zero-order valence-corrected chi connectivity index (χ0v) is 15.8. The van der Waals surface area contributed by atoms with Crippen LogP contribution in [0.25, 0.3) is 0 Å². The van der Waals surface area contributed by atoms with Gasteiger partial charge in [-0.15, -0.1) is 0 Å². The third kappa shape index (κ3) is 3.91. The maximum atomic E-state index is 12.7. The molecule has 2 atom stereocenters. The molecule has 3 rings (SSSR count). The number of halogens is 1. The number of carbonyl (C=O) groups is 2. The highest BCUT2D eigenvalue weighted by atomic mass is 35.5. The van der Waals surface area contributed by atoms with Crippen LogP contribution in [0.15, 0.2) is 48.5 Å². The van der Waals surface area contributed by atoms with Crippen LogP contribution in [0.2, 0.25) is 5.02 Å². The summed E-state index contributed by atoms with van der Waals surface area (Å²) in [4.78, 5) is 26.8. The highest BCUT2D eigenvalue weighted by Crippen LogP contribution is 2.30. The number of rotatable bonds is 5. The molecule has 0 radical (unpaired) electrons. The molecule has 0 spiro atoms. The maximum Gasteiger partial charge on any atom is 0.229 e. The quantitative estimate of drug-likeness (QED) is 0.818. The Morgan fingerprint density at radius 3 is 2.62 bits per heavy atom. The molecular weight excluding hydrogens is 348 g/mol. The first kappa shape index (κ1) is 18.5. The molecule has 0 aromatic heterocycles.